The molecule has 0 amide bonds. The SMILES string of the molecule is OC(CNc1cccc(Cl)c1)Cn1c2ccc(I)cc2c2cc(I)ccc21. The monoisotopic (exact) mass is 602 g/mol. The van der Waals surface area contributed by atoms with Crippen molar-refractivity contribution < 1.29 is 5.11 Å². The van der Waals surface area contributed by atoms with Crippen LogP contribution < -0.4 is 5.32 Å². The molecule has 2 N–H and O–H groups in total. The summed E-state index contributed by atoms with van der Waals surface area (Å²) in [6.07, 6.45) is -0.527. The van der Waals surface area contributed by atoms with Gasteiger partial charge in [0.15, 0.2) is 0 Å². The second-order valence-corrected chi connectivity index (χ2v) is 9.41. The molecule has 0 fully saturated rings. The molecule has 1 aromatic heterocycles. The van der Waals surface area contributed by atoms with Crippen LogP contribution in [0.3, 0.4) is 0 Å². The van der Waals surface area contributed by atoms with Crippen LogP contribution in [0, 0.1) is 7.14 Å². The Morgan fingerprint density at radius 3 is 2.15 bits per heavy atom. The highest BCUT2D eigenvalue weighted by Crippen LogP contribution is 2.31. The Labute approximate surface area is 190 Å². The molecule has 0 aliphatic rings. The Balaban J connectivity index is 1.64. The first-order valence-corrected chi connectivity index (χ1v) is 11.1. The van der Waals surface area contributed by atoms with Crippen molar-refractivity contribution in [3.05, 3.63) is 72.8 Å². The summed E-state index contributed by atoms with van der Waals surface area (Å²) in [5, 5.41) is 17.1. The number of nitrogens with zero attached hydrogens (tertiary/aromatic N) is 1. The molecule has 3 nitrogen and oxygen atoms in total. The highest BCUT2D eigenvalue weighted by Gasteiger charge is 2.14. The van der Waals surface area contributed by atoms with Crippen LogP contribution in [-0.2, 0) is 6.54 Å². The van der Waals surface area contributed by atoms with E-state index in [1.165, 1.54) is 17.9 Å². The molecule has 0 saturated heterocycles. The fourth-order valence-corrected chi connectivity index (χ4v) is 4.53. The van der Waals surface area contributed by atoms with Gasteiger partial charge in [-0.2, -0.15) is 0 Å². The van der Waals surface area contributed by atoms with Gasteiger partial charge in [-0.1, -0.05) is 17.7 Å². The van der Waals surface area contributed by atoms with Gasteiger partial charge in [-0.05, 0) is 99.8 Å². The van der Waals surface area contributed by atoms with Gasteiger partial charge in [0, 0.05) is 46.2 Å². The number of rotatable bonds is 5. The fraction of sp³-hybridized carbons (Fsp3) is 0.143. The van der Waals surface area contributed by atoms with E-state index in [9.17, 15) is 5.11 Å². The molecule has 0 aliphatic carbocycles. The van der Waals surface area contributed by atoms with Crippen LogP contribution in [0.5, 0.6) is 0 Å². The van der Waals surface area contributed by atoms with Gasteiger partial charge < -0.3 is 15.0 Å². The van der Waals surface area contributed by atoms with Crippen molar-refractivity contribution in [2.24, 2.45) is 0 Å². The average Bonchev–Trinajstić information content (AvgIpc) is 2.92. The van der Waals surface area contributed by atoms with Gasteiger partial charge in [0.05, 0.1) is 12.6 Å². The van der Waals surface area contributed by atoms with Crippen molar-refractivity contribution in [3.63, 3.8) is 0 Å². The Bertz CT molecular complexity index is 1070. The minimum Gasteiger partial charge on any atom is -0.389 e. The van der Waals surface area contributed by atoms with Gasteiger partial charge in [0.25, 0.3) is 0 Å². The quantitative estimate of drug-likeness (QED) is 0.270. The van der Waals surface area contributed by atoms with E-state index < -0.39 is 6.10 Å². The number of aliphatic hydroxyl groups excluding tert-OH is 1. The summed E-state index contributed by atoms with van der Waals surface area (Å²) in [7, 11) is 0. The summed E-state index contributed by atoms with van der Waals surface area (Å²) in [6.45, 7) is 0.977. The minimum absolute atomic E-state index is 0.455. The molecule has 27 heavy (non-hydrogen) atoms. The van der Waals surface area contributed by atoms with Gasteiger partial charge in [0.1, 0.15) is 0 Å². The first-order chi connectivity index (χ1) is 13.0. The number of anilines is 1. The summed E-state index contributed by atoms with van der Waals surface area (Å²) in [5.74, 6) is 0. The van der Waals surface area contributed by atoms with Crippen molar-refractivity contribution in [1.29, 1.82) is 0 Å². The lowest BCUT2D eigenvalue weighted by Gasteiger charge is -2.16. The predicted molar refractivity (Wildman–Crippen MR) is 131 cm³/mol. The van der Waals surface area contributed by atoms with Crippen LogP contribution in [0.2, 0.25) is 5.02 Å². The molecule has 0 spiro atoms. The van der Waals surface area contributed by atoms with E-state index in [1.54, 1.807) is 0 Å². The molecule has 6 heteroatoms. The van der Waals surface area contributed by atoms with E-state index in [1.807, 2.05) is 24.3 Å². The lowest BCUT2D eigenvalue weighted by molar-refractivity contribution is 0.169. The number of aromatic nitrogens is 1. The first-order valence-electron chi connectivity index (χ1n) is 8.56. The number of aliphatic hydroxyl groups is 1. The molecule has 1 atom stereocenters. The molecule has 4 rings (SSSR count). The van der Waals surface area contributed by atoms with E-state index in [0.717, 1.165) is 16.7 Å². The van der Waals surface area contributed by atoms with Crippen molar-refractivity contribution >= 4 is 84.3 Å². The normalized spacial score (nSPS) is 12.6. The fourth-order valence-electron chi connectivity index (χ4n) is 3.35. The van der Waals surface area contributed by atoms with E-state index in [2.05, 4.69) is 91.5 Å². The van der Waals surface area contributed by atoms with Crippen molar-refractivity contribution in [1.82, 2.24) is 4.57 Å². The van der Waals surface area contributed by atoms with Crippen molar-refractivity contribution in [2.75, 3.05) is 11.9 Å². The smallest absolute Gasteiger partial charge is 0.0891 e. The number of halogens is 3. The standard InChI is InChI=1S/C21H17ClI2N2O/c22-13-2-1-3-16(8-13)25-11-17(27)12-26-20-6-4-14(23)9-18(20)19-10-15(24)5-7-21(19)26/h1-10,17,25,27H,11-12H2. The maximum Gasteiger partial charge on any atom is 0.0891 e. The lowest BCUT2D eigenvalue weighted by atomic mass is 10.2. The summed E-state index contributed by atoms with van der Waals surface area (Å²) in [6, 6.07) is 20.5. The van der Waals surface area contributed by atoms with Crippen LogP contribution in [0.1, 0.15) is 0 Å². The summed E-state index contributed by atoms with van der Waals surface area (Å²) in [4.78, 5) is 0. The van der Waals surface area contributed by atoms with Crippen LogP contribution in [0.15, 0.2) is 60.7 Å². The Hall–Kier alpha value is -1.03. The van der Waals surface area contributed by atoms with Crippen molar-refractivity contribution in [2.45, 2.75) is 12.6 Å². The number of nitrogens with one attached hydrogen (secondary N) is 1. The molecule has 1 unspecified atom stereocenters. The summed E-state index contributed by atoms with van der Waals surface area (Å²) < 4.78 is 4.63. The van der Waals surface area contributed by atoms with Crippen LogP contribution >= 0.6 is 56.8 Å². The molecule has 1 heterocycles. The van der Waals surface area contributed by atoms with Gasteiger partial charge >= 0.3 is 0 Å². The van der Waals surface area contributed by atoms with Crippen LogP contribution in [0.25, 0.3) is 21.8 Å². The van der Waals surface area contributed by atoms with Gasteiger partial charge in [0.2, 0.25) is 0 Å². The van der Waals surface area contributed by atoms with Gasteiger partial charge in [-0.3, -0.25) is 0 Å². The summed E-state index contributed by atoms with van der Waals surface area (Å²) in [5.41, 5.74) is 3.20. The molecule has 3 aromatic carbocycles. The highest BCUT2D eigenvalue weighted by molar-refractivity contribution is 14.1. The average molecular weight is 603 g/mol. The Morgan fingerprint density at radius 1 is 0.926 bits per heavy atom. The maximum atomic E-state index is 10.7. The molecule has 138 valence electrons. The third-order valence-electron chi connectivity index (χ3n) is 4.55. The van der Waals surface area contributed by atoms with Gasteiger partial charge in [-0.25, -0.2) is 0 Å². The second-order valence-electron chi connectivity index (χ2n) is 6.48. The van der Waals surface area contributed by atoms with E-state index in [-0.39, 0.29) is 0 Å². The van der Waals surface area contributed by atoms with E-state index >= 15 is 0 Å². The van der Waals surface area contributed by atoms with Gasteiger partial charge in [-0.15, -0.1) is 0 Å². The van der Waals surface area contributed by atoms with Crippen molar-refractivity contribution in [3.8, 4) is 0 Å². The van der Waals surface area contributed by atoms with E-state index in [0.29, 0.717) is 18.1 Å². The molecule has 0 radical (unpaired) electrons. The minimum atomic E-state index is -0.527. The zero-order chi connectivity index (χ0) is 19.0. The molecule has 4 aromatic rings. The number of hydrogen-bond donors (Lipinski definition) is 2. The number of benzene rings is 3. The zero-order valence-corrected chi connectivity index (χ0v) is 19.4. The maximum absolute atomic E-state index is 10.7. The number of hydrogen-bond acceptors (Lipinski definition) is 2. The topological polar surface area (TPSA) is 37.2 Å². The van der Waals surface area contributed by atoms with Crippen LogP contribution in [-0.4, -0.2) is 22.3 Å². The Kier molecular flexibility index (Phi) is 5.82. The molecule has 0 saturated carbocycles. The lowest BCUT2D eigenvalue weighted by Crippen LogP contribution is -2.24. The Morgan fingerprint density at radius 2 is 1.56 bits per heavy atom. The number of fused-ring (bicyclic) bond motifs is 3. The molecule has 0 aliphatic heterocycles. The van der Waals surface area contributed by atoms with E-state index in [4.69, 9.17) is 11.6 Å². The zero-order valence-electron chi connectivity index (χ0n) is 14.3. The first kappa shape index (κ1) is 19.3. The third kappa shape index (κ3) is 4.21. The predicted octanol–water partition coefficient (Wildman–Crippen LogP) is 6.13. The third-order valence-corrected chi connectivity index (χ3v) is 6.13. The molecular weight excluding hydrogens is 586 g/mol. The second kappa shape index (κ2) is 8.14. The van der Waals surface area contributed by atoms with Crippen LogP contribution in [0.4, 0.5) is 5.69 Å². The largest absolute Gasteiger partial charge is 0.389 e. The highest BCUT2D eigenvalue weighted by atomic mass is 127. The molecular formula is C21H17ClI2N2O. The molecule has 0 bridgehead atoms. The summed E-state index contributed by atoms with van der Waals surface area (Å²) >= 11 is 10.7.